The highest BCUT2D eigenvalue weighted by Crippen LogP contribution is 2.27. The van der Waals surface area contributed by atoms with Crippen molar-refractivity contribution in [2.45, 2.75) is 18.2 Å². The maximum Gasteiger partial charge on any atom is 0.338 e. The van der Waals surface area contributed by atoms with E-state index in [1.165, 1.54) is 37.4 Å². The van der Waals surface area contributed by atoms with E-state index in [9.17, 15) is 18.0 Å². The first-order chi connectivity index (χ1) is 14.7. The molecule has 0 aliphatic carbocycles. The number of hydrogen-bond donors (Lipinski definition) is 2. The molecule has 2 N–H and O–H groups in total. The molecule has 2 aromatic rings. The number of rotatable bonds is 10. The van der Waals surface area contributed by atoms with Crippen LogP contribution >= 0.6 is 0 Å². The van der Waals surface area contributed by atoms with Crippen LogP contribution in [0.5, 0.6) is 5.75 Å². The molecule has 0 spiro atoms. The zero-order valence-electron chi connectivity index (χ0n) is 18.0. The van der Waals surface area contributed by atoms with Crippen molar-refractivity contribution in [3.05, 3.63) is 48.0 Å². The fraction of sp³-hybridized carbons (Fsp3) is 0.333. The smallest absolute Gasteiger partial charge is 0.338 e. The average Bonchev–Trinajstić information content (AvgIpc) is 2.73. The summed E-state index contributed by atoms with van der Waals surface area (Å²) < 4.78 is 38.3. The van der Waals surface area contributed by atoms with Crippen LogP contribution in [0.1, 0.15) is 23.7 Å². The third-order valence-corrected chi connectivity index (χ3v) is 5.57. The van der Waals surface area contributed by atoms with E-state index < -0.39 is 16.0 Å². The Bertz CT molecular complexity index is 1020. The zero-order chi connectivity index (χ0) is 23.0. The molecule has 1 amide bonds. The van der Waals surface area contributed by atoms with Gasteiger partial charge in [0.25, 0.3) is 10.0 Å². The minimum atomic E-state index is -4.06. The van der Waals surface area contributed by atoms with Gasteiger partial charge in [-0.2, -0.15) is 0 Å². The Balaban J connectivity index is 2.17. The largest absolute Gasteiger partial charge is 0.495 e. The number of nitrogens with zero attached hydrogens (tertiary/aromatic N) is 1. The van der Waals surface area contributed by atoms with Crippen molar-refractivity contribution in [1.29, 1.82) is 0 Å². The van der Waals surface area contributed by atoms with Gasteiger partial charge in [-0.1, -0.05) is 0 Å². The Kier molecular flexibility index (Phi) is 8.40. The predicted octanol–water partition coefficient (Wildman–Crippen LogP) is 2.56. The molecule has 0 fully saturated rings. The highest BCUT2D eigenvalue weighted by Gasteiger charge is 2.22. The monoisotopic (exact) mass is 449 g/mol. The molecule has 0 bridgehead atoms. The molecule has 0 saturated heterocycles. The van der Waals surface area contributed by atoms with Gasteiger partial charge in [-0.25, -0.2) is 13.2 Å². The van der Waals surface area contributed by atoms with Gasteiger partial charge in [0, 0.05) is 24.3 Å². The van der Waals surface area contributed by atoms with E-state index in [0.29, 0.717) is 18.7 Å². The molecular weight excluding hydrogens is 422 g/mol. The first kappa shape index (κ1) is 24.2. The summed E-state index contributed by atoms with van der Waals surface area (Å²) in [4.78, 5) is 25.6. The number of benzene rings is 2. The maximum atomic E-state index is 12.9. The van der Waals surface area contributed by atoms with Gasteiger partial charge in [-0.3, -0.25) is 9.52 Å². The average molecular weight is 450 g/mol. The Hall–Kier alpha value is -3.11. The van der Waals surface area contributed by atoms with Gasteiger partial charge in [-0.15, -0.1) is 0 Å². The van der Waals surface area contributed by atoms with Crippen molar-refractivity contribution in [3.8, 4) is 5.75 Å². The fourth-order valence-electron chi connectivity index (χ4n) is 2.61. The summed E-state index contributed by atoms with van der Waals surface area (Å²) in [7, 11) is 1.04. The lowest BCUT2D eigenvalue weighted by Gasteiger charge is -2.13. The van der Waals surface area contributed by atoms with E-state index in [1.54, 1.807) is 19.1 Å². The molecule has 10 heteroatoms. The van der Waals surface area contributed by atoms with Crippen LogP contribution in [0.4, 0.5) is 11.4 Å². The number of carbonyl (C=O) groups excluding carboxylic acids is 2. The molecule has 0 aliphatic heterocycles. The summed E-state index contributed by atoms with van der Waals surface area (Å²) >= 11 is 0. The molecule has 0 unspecified atom stereocenters. The number of nitrogens with one attached hydrogen (secondary N) is 2. The topological polar surface area (TPSA) is 114 Å². The highest BCUT2D eigenvalue weighted by molar-refractivity contribution is 7.92. The van der Waals surface area contributed by atoms with Gasteiger partial charge >= 0.3 is 5.97 Å². The third kappa shape index (κ3) is 6.97. The molecule has 0 aliphatic rings. The summed E-state index contributed by atoms with van der Waals surface area (Å²) in [6.07, 6.45) is 0.345. The Morgan fingerprint density at radius 3 is 2.26 bits per heavy atom. The minimum absolute atomic E-state index is 0.0883. The molecule has 0 atom stereocenters. The van der Waals surface area contributed by atoms with Crippen molar-refractivity contribution in [3.63, 3.8) is 0 Å². The van der Waals surface area contributed by atoms with Crippen LogP contribution in [0, 0.1) is 0 Å². The zero-order valence-corrected chi connectivity index (χ0v) is 18.8. The number of amides is 1. The number of anilines is 2. The standard InChI is InChI=1S/C21H27N3O6S/c1-5-30-21(26)15-6-11-18(29-4)19(14-15)31(27,28)23-17-9-7-16(8-10-17)22-20(25)12-13-24(2)3/h6-11,14,23H,5,12-13H2,1-4H3,(H,22,25). The predicted molar refractivity (Wildman–Crippen MR) is 118 cm³/mol. The van der Waals surface area contributed by atoms with Crippen LogP contribution in [-0.2, 0) is 19.6 Å². The van der Waals surface area contributed by atoms with Crippen molar-refractivity contribution in [2.24, 2.45) is 0 Å². The van der Waals surface area contributed by atoms with E-state index >= 15 is 0 Å². The van der Waals surface area contributed by atoms with Crippen LogP contribution in [0.3, 0.4) is 0 Å². The molecule has 9 nitrogen and oxygen atoms in total. The van der Waals surface area contributed by atoms with Crippen LogP contribution in [0.25, 0.3) is 0 Å². The lowest BCUT2D eigenvalue weighted by molar-refractivity contribution is -0.116. The molecule has 2 aromatic carbocycles. The molecular formula is C21H27N3O6S. The number of hydrogen-bond acceptors (Lipinski definition) is 7. The van der Waals surface area contributed by atoms with Crippen LogP contribution < -0.4 is 14.8 Å². The Morgan fingerprint density at radius 1 is 1.03 bits per heavy atom. The van der Waals surface area contributed by atoms with Gasteiger partial charge in [0.1, 0.15) is 10.6 Å². The van der Waals surface area contributed by atoms with Crippen molar-refractivity contribution in [2.75, 3.05) is 44.4 Å². The molecule has 31 heavy (non-hydrogen) atoms. The molecule has 0 saturated carbocycles. The number of esters is 1. The van der Waals surface area contributed by atoms with Crippen LogP contribution in [0.2, 0.25) is 0 Å². The number of carbonyl (C=O) groups is 2. The first-order valence-electron chi connectivity index (χ1n) is 9.59. The van der Waals surface area contributed by atoms with Crippen molar-refractivity contribution in [1.82, 2.24) is 4.90 Å². The summed E-state index contributed by atoms with van der Waals surface area (Å²) in [5.41, 5.74) is 0.933. The molecule has 2 rings (SSSR count). The second-order valence-corrected chi connectivity index (χ2v) is 8.52. The summed E-state index contributed by atoms with van der Waals surface area (Å²) in [5, 5.41) is 2.75. The Morgan fingerprint density at radius 2 is 1.68 bits per heavy atom. The van der Waals surface area contributed by atoms with Gasteiger partial charge in [0.15, 0.2) is 0 Å². The van der Waals surface area contributed by atoms with E-state index in [4.69, 9.17) is 9.47 Å². The minimum Gasteiger partial charge on any atom is -0.495 e. The van der Waals surface area contributed by atoms with E-state index in [1.807, 2.05) is 19.0 Å². The third-order valence-electron chi connectivity index (χ3n) is 4.17. The second-order valence-electron chi connectivity index (χ2n) is 6.87. The van der Waals surface area contributed by atoms with Crippen LogP contribution in [0.15, 0.2) is 47.4 Å². The second kappa shape index (κ2) is 10.8. The number of sulfonamides is 1. The molecule has 0 radical (unpaired) electrons. The van der Waals surface area contributed by atoms with E-state index in [-0.39, 0.29) is 34.4 Å². The van der Waals surface area contributed by atoms with Crippen molar-refractivity contribution < 1.29 is 27.5 Å². The quantitative estimate of drug-likeness (QED) is 0.536. The first-order valence-corrected chi connectivity index (χ1v) is 11.1. The van der Waals surface area contributed by atoms with E-state index in [2.05, 4.69) is 10.0 Å². The normalized spacial score (nSPS) is 11.1. The number of ether oxygens (including phenoxy) is 2. The van der Waals surface area contributed by atoms with Gasteiger partial charge in [0.2, 0.25) is 5.91 Å². The maximum absolute atomic E-state index is 12.9. The van der Waals surface area contributed by atoms with Crippen molar-refractivity contribution >= 4 is 33.3 Å². The summed E-state index contributed by atoms with van der Waals surface area (Å²) in [6.45, 7) is 2.45. The highest BCUT2D eigenvalue weighted by atomic mass is 32.2. The molecule has 0 heterocycles. The summed E-state index contributed by atoms with van der Waals surface area (Å²) in [6, 6.07) is 10.3. The Labute approximate surface area is 182 Å². The number of methoxy groups -OCH3 is 1. The van der Waals surface area contributed by atoms with Gasteiger partial charge < -0.3 is 19.7 Å². The van der Waals surface area contributed by atoms with Crippen LogP contribution in [-0.4, -0.2) is 59.6 Å². The van der Waals surface area contributed by atoms with Gasteiger partial charge in [-0.05, 0) is 63.5 Å². The molecule has 168 valence electrons. The SMILES string of the molecule is CCOC(=O)c1ccc(OC)c(S(=O)(=O)Nc2ccc(NC(=O)CCN(C)C)cc2)c1. The summed E-state index contributed by atoms with van der Waals surface area (Å²) in [5.74, 6) is -0.677. The lowest BCUT2D eigenvalue weighted by Crippen LogP contribution is -2.20. The van der Waals surface area contributed by atoms with Gasteiger partial charge in [0.05, 0.1) is 19.3 Å². The van der Waals surface area contributed by atoms with E-state index in [0.717, 1.165) is 0 Å². The molecule has 0 aromatic heterocycles. The fourth-order valence-corrected chi connectivity index (χ4v) is 3.86. The lowest BCUT2D eigenvalue weighted by atomic mass is 10.2.